The van der Waals surface area contributed by atoms with Crippen LogP contribution in [0.25, 0.3) is 0 Å². The molecule has 15 heavy (non-hydrogen) atoms. The van der Waals surface area contributed by atoms with Crippen molar-refractivity contribution in [3.05, 3.63) is 23.8 Å². The standard InChI is InChI=1S/C10H15NO3S/c1-2-3-5-8-6-4-7-9(10(8)11)15(12,13)14/h4,6-7H,2-3,5,11H2,1H3,(H,12,13,14). The van der Waals surface area contributed by atoms with Crippen LogP contribution in [-0.2, 0) is 16.5 Å². The summed E-state index contributed by atoms with van der Waals surface area (Å²) in [6.07, 6.45) is 2.68. The number of anilines is 1. The third kappa shape index (κ3) is 2.94. The Hall–Kier alpha value is -1.07. The van der Waals surface area contributed by atoms with Crippen LogP contribution in [0.4, 0.5) is 5.69 Å². The van der Waals surface area contributed by atoms with Gasteiger partial charge in [0.2, 0.25) is 0 Å². The first-order chi connectivity index (χ1) is 6.96. The van der Waals surface area contributed by atoms with E-state index < -0.39 is 10.1 Å². The van der Waals surface area contributed by atoms with Crippen LogP contribution in [0, 0.1) is 0 Å². The Morgan fingerprint density at radius 3 is 2.60 bits per heavy atom. The molecule has 1 rings (SSSR count). The predicted molar refractivity (Wildman–Crippen MR) is 59.3 cm³/mol. The van der Waals surface area contributed by atoms with Gasteiger partial charge in [-0.25, -0.2) is 0 Å². The van der Waals surface area contributed by atoms with Crippen LogP contribution in [0.1, 0.15) is 25.3 Å². The molecule has 0 aliphatic carbocycles. The van der Waals surface area contributed by atoms with E-state index in [1.807, 2.05) is 6.92 Å². The molecule has 0 heterocycles. The van der Waals surface area contributed by atoms with Crippen molar-refractivity contribution in [3.63, 3.8) is 0 Å². The molecule has 0 amide bonds. The van der Waals surface area contributed by atoms with Gasteiger partial charge in [0.25, 0.3) is 10.1 Å². The summed E-state index contributed by atoms with van der Waals surface area (Å²) in [5, 5.41) is 0. The molecule has 0 aromatic heterocycles. The lowest BCUT2D eigenvalue weighted by molar-refractivity contribution is 0.483. The van der Waals surface area contributed by atoms with Crippen molar-refractivity contribution >= 4 is 15.8 Å². The fourth-order valence-electron chi connectivity index (χ4n) is 1.40. The summed E-state index contributed by atoms with van der Waals surface area (Å²) in [5.74, 6) is 0. The van der Waals surface area contributed by atoms with Gasteiger partial charge in [-0.2, -0.15) is 8.42 Å². The van der Waals surface area contributed by atoms with Crippen molar-refractivity contribution in [2.75, 3.05) is 5.73 Å². The van der Waals surface area contributed by atoms with Crippen molar-refractivity contribution < 1.29 is 13.0 Å². The van der Waals surface area contributed by atoms with E-state index in [0.29, 0.717) is 0 Å². The first-order valence-corrected chi connectivity index (χ1v) is 6.25. The number of benzene rings is 1. The van der Waals surface area contributed by atoms with E-state index >= 15 is 0 Å². The second-order valence-corrected chi connectivity index (χ2v) is 4.80. The SMILES string of the molecule is CCCCc1cccc(S(=O)(=O)O)c1N. The van der Waals surface area contributed by atoms with Crippen LogP contribution in [0.2, 0.25) is 0 Å². The molecule has 0 saturated heterocycles. The van der Waals surface area contributed by atoms with Gasteiger partial charge in [0.05, 0.1) is 5.69 Å². The van der Waals surface area contributed by atoms with Gasteiger partial charge in [-0.1, -0.05) is 25.5 Å². The Labute approximate surface area is 89.9 Å². The average molecular weight is 229 g/mol. The minimum atomic E-state index is -4.21. The van der Waals surface area contributed by atoms with Crippen LogP contribution >= 0.6 is 0 Å². The maximum atomic E-state index is 11.0. The molecule has 0 spiro atoms. The van der Waals surface area contributed by atoms with Crippen molar-refractivity contribution in [2.45, 2.75) is 31.1 Å². The van der Waals surface area contributed by atoms with Gasteiger partial charge in [-0.05, 0) is 24.5 Å². The summed E-state index contributed by atoms with van der Waals surface area (Å²) in [7, 11) is -4.21. The highest BCUT2D eigenvalue weighted by atomic mass is 32.2. The Kier molecular flexibility index (Phi) is 3.71. The molecule has 0 fully saturated rings. The van der Waals surface area contributed by atoms with Gasteiger partial charge < -0.3 is 5.73 Å². The van der Waals surface area contributed by atoms with E-state index in [1.165, 1.54) is 6.07 Å². The van der Waals surface area contributed by atoms with E-state index in [2.05, 4.69) is 0 Å². The fourth-order valence-corrected chi connectivity index (χ4v) is 2.06. The van der Waals surface area contributed by atoms with E-state index in [-0.39, 0.29) is 10.6 Å². The average Bonchev–Trinajstić information content (AvgIpc) is 2.14. The Morgan fingerprint density at radius 1 is 1.40 bits per heavy atom. The zero-order chi connectivity index (χ0) is 11.5. The summed E-state index contributed by atoms with van der Waals surface area (Å²) in [6.45, 7) is 2.04. The van der Waals surface area contributed by atoms with Crippen LogP contribution in [0.5, 0.6) is 0 Å². The predicted octanol–water partition coefficient (Wildman–Crippen LogP) is 1.86. The zero-order valence-corrected chi connectivity index (χ0v) is 9.42. The zero-order valence-electron chi connectivity index (χ0n) is 8.60. The minimum absolute atomic E-state index is 0.161. The number of unbranched alkanes of at least 4 members (excludes halogenated alkanes) is 1. The van der Waals surface area contributed by atoms with Crippen LogP contribution in [0.3, 0.4) is 0 Å². The molecule has 5 heteroatoms. The molecule has 1 aromatic carbocycles. The van der Waals surface area contributed by atoms with Crippen LogP contribution < -0.4 is 5.73 Å². The van der Waals surface area contributed by atoms with E-state index in [1.54, 1.807) is 12.1 Å². The topological polar surface area (TPSA) is 80.4 Å². The summed E-state index contributed by atoms with van der Waals surface area (Å²) in [6, 6.07) is 4.67. The van der Waals surface area contributed by atoms with Crippen molar-refractivity contribution in [2.24, 2.45) is 0 Å². The molecule has 3 N–H and O–H groups in total. The van der Waals surface area contributed by atoms with Gasteiger partial charge in [-0.3, -0.25) is 4.55 Å². The largest absolute Gasteiger partial charge is 0.397 e. The molecule has 0 atom stereocenters. The first kappa shape index (κ1) is 12.0. The highest BCUT2D eigenvalue weighted by Crippen LogP contribution is 2.23. The quantitative estimate of drug-likeness (QED) is 0.610. The van der Waals surface area contributed by atoms with Crippen LogP contribution in [-0.4, -0.2) is 13.0 Å². The number of nitrogen functional groups attached to an aromatic ring is 1. The maximum Gasteiger partial charge on any atom is 0.296 e. The maximum absolute atomic E-state index is 11.0. The van der Waals surface area contributed by atoms with Gasteiger partial charge in [0.1, 0.15) is 4.90 Å². The Balaban J connectivity index is 3.12. The second kappa shape index (κ2) is 4.63. The molecule has 1 aromatic rings. The molecular weight excluding hydrogens is 214 g/mol. The monoisotopic (exact) mass is 229 g/mol. The molecule has 0 saturated carbocycles. The molecule has 0 aliphatic heterocycles. The Bertz CT molecular complexity index is 440. The van der Waals surface area contributed by atoms with E-state index in [4.69, 9.17) is 10.3 Å². The van der Waals surface area contributed by atoms with Crippen LogP contribution in [0.15, 0.2) is 23.1 Å². The number of aryl methyl sites for hydroxylation is 1. The fraction of sp³-hybridized carbons (Fsp3) is 0.400. The number of hydrogen-bond donors (Lipinski definition) is 2. The Morgan fingerprint density at radius 2 is 2.07 bits per heavy atom. The van der Waals surface area contributed by atoms with E-state index in [9.17, 15) is 8.42 Å². The highest BCUT2D eigenvalue weighted by Gasteiger charge is 2.15. The molecule has 0 unspecified atom stereocenters. The number of rotatable bonds is 4. The lowest BCUT2D eigenvalue weighted by Crippen LogP contribution is -2.05. The summed E-state index contributed by atoms with van der Waals surface area (Å²) >= 11 is 0. The van der Waals surface area contributed by atoms with E-state index in [0.717, 1.165) is 24.8 Å². The van der Waals surface area contributed by atoms with Crippen molar-refractivity contribution in [3.8, 4) is 0 Å². The summed E-state index contributed by atoms with van der Waals surface area (Å²) in [5.41, 5.74) is 6.60. The van der Waals surface area contributed by atoms with Gasteiger partial charge in [-0.15, -0.1) is 0 Å². The molecule has 84 valence electrons. The van der Waals surface area contributed by atoms with Gasteiger partial charge in [0.15, 0.2) is 0 Å². The third-order valence-corrected chi connectivity index (χ3v) is 3.15. The summed E-state index contributed by atoms with van der Waals surface area (Å²) in [4.78, 5) is -0.198. The summed E-state index contributed by atoms with van der Waals surface area (Å²) < 4.78 is 30.8. The number of nitrogens with two attached hydrogens (primary N) is 1. The number of hydrogen-bond acceptors (Lipinski definition) is 3. The molecule has 0 radical (unpaired) electrons. The van der Waals surface area contributed by atoms with Crippen molar-refractivity contribution in [1.82, 2.24) is 0 Å². The molecule has 4 nitrogen and oxygen atoms in total. The smallest absolute Gasteiger partial charge is 0.296 e. The number of para-hydroxylation sites is 1. The first-order valence-electron chi connectivity index (χ1n) is 4.81. The van der Waals surface area contributed by atoms with Gasteiger partial charge in [0, 0.05) is 0 Å². The van der Waals surface area contributed by atoms with Crippen molar-refractivity contribution in [1.29, 1.82) is 0 Å². The minimum Gasteiger partial charge on any atom is -0.397 e. The lowest BCUT2D eigenvalue weighted by Gasteiger charge is -2.08. The lowest BCUT2D eigenvalue weighted by atomic mass is 10.1. The van der Waals surface area contributed by atoms with Gasteiger partial charge >= 0.3 is 0 Å². The highest BCUT2D eigenvalue weighted by molar-refractivity contribution is 7.86. The normalized spacial score (nSPS) is 11.6. The second-order valence-electron chi connectivity index (χ2n) is 3.41. The molecule has 0 aliphatic rings. The molecule has 0 bridgehead atoms. The molecular formula is C10H15NO3S. The third-order valence-electron chi connectivity index (χ3n) is 2.23.